The third kappa shape index (κ3) is 3.21. The minimum Gasteiger partial charge on any atom is -0.495 e. The number of rotatable bonds is 6. The summed E-state index contributed by atoms with van der Waals surface area (Å²) in [6, 6.07) is 1.79. The Labute approximate surface area is 99.2 Å². The fourth-order valence-electron chi connectivity index (χ4n) is 1.41. The number of amides is 1. The van der Waals surface area contributed by atoms with Crippen LogP contribution in [0, 0.1) is 0 Å². The van der Waals surface area contributed by atoms with E-state index in [1.165, 1.54) is 11.3 Å². The molecule has 4 nitrogen and oxygen atoms in total. The molecular weight excluding hydrogens is 226 g/mol. The van der Waals surface area contributed by atoms with Crippen molar-refractivity contribution in [3.05, 3.63) is 16.3 Å². The zero-order chi connectivity index (χ0) is 12.0. The molecule has 0 radical (unpaired) electrons. The van der Waals surface area contributed by atoms with E-state index in [2.05, 4.69) is 5.32 Å². The predicted octanol–water partition coefficient (Wildman–Crippen LogP) is 1.65. The molecular formula is C11H17NO3S. The van der Waals surface area contributed by atoms with E-state index in [-0.39, 0.29) is 18.6 Å². The number of methoxy groups -OCH3 is 1. The molecule has 0 saturated heterocycles. The zero-order valence-electron chi connectivity index (χ0n) is 9.53. The number of aliphatic hydroxyl groups excluding tert-OH is 1. The molecule has 1 heterocycles. The van der Waals surface area contributed by atoms with E-state index in [9.17, 15) is 4.79 Å². The Bertz CT molecular complexity index is 338. The molecule has 2 N–H and O–H groups in total. The minimum absolute atomic E-state index is 0.0179. The Kier molecular flexibility index (Phi) is 5.28. The third-order valence-electron chi connectivity index (χ3n) is 2.36. The number of nitrogens with one attached hydrogen (secondary N) is 1. The van der Waals surface area contributed by atoms with E-state index in [4.69, 9.17) is 9.84 Å². The van der Waals surface area contributed by atoms with Gasteiger partial charge in [0.25, 0.3) is 5.91 Å². The average molecular weight is 243 g/mol. The lowest BCUT2D eigenvalue weighted by molar-refractivity contribution is 0.0930. The quantitative estimate of drug-likeness (QED) is 0.798. The van der Waals surface area contributed by atoms with Crippen LogP contribution in [0.1, 0.15) is 29.4 Å². The molecule has 1 rings (SSSR count). The summed E-state index contributed by atoms with van der Waals surface area (Å²) in [5, 5.41) is 13.5. The Hall–Kier alpha value is -1.07. The fourth-order valence-corrected chi connectivity index (χ4v) is 2.17. The molecule has 0 fully saturated rings. The molecule has 0 aliphatic carbocycles. The van der Waals surface area contributed by atoms with Gasteiger partial charge in [-0.3, -0.25) is 4.79 Å². The molecule has 1 atom stereocenters. The smallest absolute Gasteiger partial charge is 0.265 e. The maximum Gasteiger partial charge on any atom is 0.265 e. The van der Waals surface area contributed by atoms with Crippen LogP contribution >= 0.6 is 11.3 Å². The van der Waals surface area contributed by atoms with E-state index >= 15 is 0 Å². The first-order valence-corrected chi connectivity index (χ1v) is 6.14. The summed E-state index contributed by atoms with van der Waals surface area (Å²) in [5.74, 6) is 0.466. The highest BCUT2D eigenvalue weighted by molar-refractivity contribution is 7.12. The summed E-state index contributed by atoms with van der Waals surface area (Å²) in [6.45, 7) is 2.06. The van der Waals surface area contributed by atoms with Gasteiger partial charge in [-0.15, -0.1) is 11.3 Å². The van der Waals surface area contributed by atoms with Crippen LogP contribution in [0.3, 0.4) is 0 Å². The molecule has 0 saturated carbocycles. The van der Waals surface area contributed by atoms with Crippen LogP contribution < -0.4 is 10.1 Å². The Morgan fingerprint density at radius 2 is 2.44 bits per heavy atom. The average Bonchev–Trinajstić information content (AvgIpc) is 2.76. The highest BCUT2D eigenvalue weighted by atomic mass is 32.1. The van der Waals surface area contributed by atoms with Crippen molar-refractivity contribution < 1.29 is 14.6 Å². The van der Waals surface area contributed by atoms with Gasteiger partial charge in [0.15, 0.2) is 0 Å². The highest BCUT2D eigenvalue weighted by Crippen LogP contribution is 2.24. The molecule has 0 bridgehead atoms. The number of hydrogen-bond donors (Lipinski definition) is 2. The maximum absolute atomic E-state index is 11.9. The minimum atomic E-state index is -0.132. The lowest BCUT2D eigenvalue weighted by atomic mass is 10.1. The van der Waals surface area contributed by atoms with Gasteiger partial charge in [0.05, 0.1) is 7.11 Å². The summed E-state index contributed by atoms with van der Waals surface area (Å²) in [6.07, 6.45) is 1.38. The van der Waals surface area contributed by atoms with Gasteiger partial charge in [0.1, 0.15) is 10.6 Å². The maximum atomic E-state index is 11.9. The van der Waals surface area contributed by atoms with Gasteiger partial charge in [-0.25, -0.2) is 0 Å². The molecule has 0 aliphatic rings. The first-order chi connectivity index (χ1) is 7.72. The number of aliphatic hydroxyl groups is 1. The van der Waals surface area contributed by atoms with Gasteiger partial charge in [0.2, 0.25) is 0 Å². The van der Waals surface area contributed by atoms with Crippen molar-refractivity contribution >= 4 is 17.2 Å². The van der Waals surface area contributed by atoms with Gasteiger partial charge in [-0.2, -0.15) is 0 Å². The number of carbonyl (C=O) groups is 1. The predicted molar refractivity (Wildman–Crippen MR) is 64.1 cm³/mol. The Morgan fingerprint density at radius 3 is 3.00 bits per heavy atom. The van der Waals surface area contributed by atoms with Gasteiger partial charge in [-0.05, 0) is 24.3 Å². The van der Waals surface area contributed by atoms with Crippen molar-refractivity contribution in [3.63, 3.8) is 0 Å². The van der Waals surface area contributed by atoms with E-state index in [0.29, 0.717) is 17.0 Å². The molecule has 1 aromatic heterocycles. The van der Waals surface area contributed by atoms with Crippen molar-refractivity contribution in [2.24, 2.45) is 0 Å². The van der Waals surface area contributed by atoms with Gasteiger partial charge < -0.3 is 15.2 Å². The second kappa shape index (κ2) is 6.50. The van der Waals surface area contributed by atoms with Crippen LogP contribution in [0.4, 0.5) is 0 Å². The summed E-state index contributed by atoms with van der Waals surface area (Å²) >= 11 is 1.35. The van der Waals surface area contributed by atoms with Crippen LogP contribution in [0.15, 0.2) is 11.4 Å². The number of hydrogen-bond acceptors (Lipinski definition) is 4. The molecule has 1 amide bonds. The molecule has 0 aromatic carbocycles. The molecule has 1 aromatic rings. The molecule has 0 spiro atoms. The van der Waals surface area contributed by atoms with Crippen LogP contribution in [0.2, 0.25) is 0 Å². The number of carbonyl (C=O) groups excluding carboxylic acids is 1. The molecule has 1 unspecified atom stereocenters. The zero-order valence-corrected chi connectivity index (χ0v) is 10.3. The number of thiophene rings is 1. The first-order valence-electron chi connectivity index (χ1n) is 5.26. The van der Waals surface area contributed by atoms with Crippen LogP contribution in [-0.2, 0) is 0 Å². The molecule has 16 heavy (non-hydrogen) atoms. The Morgan fingerprint density at radius 1 is 1.69 bits per heavy atom. The van der Waals surface area contributed by atoms with Crippen molar-refractivity contribution in [1.82, 2.24) is 5.32 Å². The van der Waals surface area contributed by atoms with Gasteiger partial charge in [-0.1, -0.05) is 6.92 Å². The third-order valence-corrected chi connectivity index (χ3v) is 3.26. The fraction of sp³-hybridized carbons (Fsp3) is 0.545. The molecule has 0 aliphatic heterocycles. The lowest BCUT2D eigenvalue weighted by Crippen LogP contribution is -2.34. The summed E-state index contributed by atoms with van der Waals surface area (Å²) in [7, 11) is 1.55. The second-order valence-corrected chi connectivity index (χ2v) is 4.33. The summed E-state index contributed by atoms with van der Waals surface area (Å²) in [5.41, 5.74) is 0. The largest absolute Gasteiger partial charge is 0.495 e. The monoisotopic (exact) mass is 243 g/mol. The van der Waals surface area contributed by atoms with E-state index in [1.54, 1.807) is 13.2 Å². The first kappa shape index (κ1) is 13.0. The van der Waals surface area contributed by atoms with Crippen molar-refractivity contribution in [1.29, 1.82) is 0 Å². The molecule has 90 valence electrons. The van der Waals surface area contributed by atoms with E-state index in [0.717, 1.165) is 6.42 Å². The molecule has 5 heteroatoms. The summed E-state index contributed by atoms with van der Waals surface area (Å²) in [4.78, 5) is 12.4. The van der Waals surface area contributed by atoms with Crippen LogP contribution in [0.25, 0.3) is 0 Å². The van der Waals surface area contributed by atoms with Crippen LogP contribution in [-0.4, -0.2) is 30.8 Å². The topological polar surface area (TPSA) is 58.6 Å². The number of ether oxygens (including phenoxy) is 1. The highest BCUT2D eigenvalue weighted by Gasteiger charge is 2.16. The van der Waals surface area contributed by atoms with Crippen molar-refractivity contribution in [2.45, 2.75) is 25.8 Å². The van der Waals surface area contributed by atoms with Gasteiger partial charge in [0, 0.05) is 12.6 Å². The SMILES string of the molecule is CCC(CCO)NC(=O)c1sccc1OC. The van der Waals surface area contributed by atoms with E-state index in [1.807, 2.05) is 12.3 Å². The van der Waals surface area contributed by atoms with E-state index < -0.39 is 0 Å². The second-order valence-electron chi connectivity index (χ2n) is 3.41. The van der Waals surface area contributed by atoms with Crippen molar-refractivity contribution in [2.75, 3.05) is 13.7 Å². The summed E-state index contributed by atoms with van der Waals surface area (Å²) < 4.78 is 5.08. The van der Waals surface area contributed by atoms with Crippen molar-refractivity contribution in [3.8, 4) is 5.75 Å². The van der Waals surface area contributed by atoms with Gasteiger partial charge >= 0.3 is 0 Å². The Balaban J connectivity index is 2.64. The normalized spacial score (nSPS) is 12.2. The lowest BCUT2D eigenvalue weighted by Gasteiger charge is -2.15. The van der Waals surface area contributed by atoms with Crippen LogP contribution in [0.5, 0.6) is 5.75 Å². The standard InChI is InChI=1S/C11H17NO3S/c1-3-8(4-6-13)12-11(14)10-9(15-2)5-7-16-10/h5,7-8,13H,3-4,6H2,1-2H3,(H,12,14).